The first-order chi connectivity index (χ1) is 8.67. The van der Waals surface area contributed by atoms with Crippen molar-refractivity contribution >= 4 is 35.2 Å². The first-order valence-corrected chi connectivity index (χ1v) is 5.49. The second-order valence-corrected chi connectivity index (χ2v) is 3.52. The molecule has 1 aromatic carbocycles. The van der Waals surface area contributed by atoms with Gasteiger partial charge in [0.15, 0.2) is 5.71 Å². The van der Waals surface area contributed by atoms with E-state index in [1.807, 2.05) is 0 Å². The van der Waals surface area contributed by atoms with Gasteiger partial charge in [0, 0.05) is 5.02 Å². The van der Waals surface area contributed by atoms with Gasteiger partial charge in [0.25, 0.3) is 0 Å². The Hall–Kier alpha value is -2.08. The summed E-state index contributed by atoms with van der Waals surface area (Å²) in [5.41, 5.74) is 3.05. The summed E-state index contributed by atoms with van der Waals surface area (Å²) in [5.74, 6) is -0.690. The summed E-state index contributed by atoms with van der Waals surface area (Å²) >= 11 is 5.79. The minimum absolute atomic E-state index is 0.153. The summed E-state index contributed by atoms with van der Waals surface area (Å²) < 4.78 is 4.73. The second-order valence-electron chi connectivity index (χ2n) is 3.08. The molecule has 0 radical (unpaired) electrons. The fourth-order valence-corrected chi connectivity index (χ4v) is 1.26. The summed E-state index contributed by atoms with van der Waals surface area (Å²) in [6, 6.07) is 6.78. The third-order valence-electron chi connectivity index (χ3n) is 1.79. The van der Waals surface area contributed by atoms with Gasteiger partial charge in [-0.05, 0) is 25.1 Å². The number of hydrogen-bond acceptors (Lipinski definition) is 6. The molecule has 0 heterocycles. The summed E-state index contributed by atoms with van der Waals surface area (Å²) in [5, 5.41) is 15.5. The first kappa shape index (κ1) is 14.0. The number of nitrogens with one attached hydrogen (secondary N) is 1. The summed E-state index contributed by atoms with van der Waals surface area (Å²) in [7, 11) is 0. The van der Waals surface area contributed by atoms with Crippen molar-refractivity contribution in [1.29, 1.82) is 0 Å². The van der Waals surface area contributed by atoms with Gasteiger partial charge in [-0.15, -0.1) is 0 Å². The summed E-state index contributed by atoms with van der Waals surface area (Å²) in [6.45, 7) is 1.87. The van der Waals surface area contributed by atoms with Gasteiger partial charge in [-0.25, -0.2) is 4.79 Å². The summed E-state index contributed by atoms with van der Waals surface area (Å²) in [6.07, 6.45) is 0.884. The third kappa shape index (κ3) is 4.42. The molecule has 0 aliphatic rings. The molecule has 0 saturated carbocycles. The molecule has 7 heteroatoms. The van der Waals surface area contributed by atoms with Crippen molar-refractivity contribution in [2.24, 2.45) is 10.3 Å². The number of hydrazone groups is 1. The number of hydrogen-bond donors (Lipinski definition) is 2. The zero-order valence-corrected chi connectivity index (χ0v) is 10.4. The van der Waals surface area contributed by atoms with Crippen molar-refractivity contribution in [2.75, 3.05) is 12.0 Å². The van der Waals surface area contributed by atoms with E-state index in [9.17, 15) is 4.79 Å². The van der Waals surface area contributed by atoms with E-state index in [1.165, 1.54) is 0 Å². The fraction of sp³-hybridized carbons (Fsp3) is 0.182. The molecule has 0 unspecified atom stereocenters. The number of halogens is 1. The monoisotopic (exact) mass is 269 g/mol. The van der Waals surface area contributed by atoms with E-state index in [0.717, 1.165) is 6.21 Å². The molecule has 0 saturated heterocycles. The lowest BCUT2D eigenvalue weighted by molar-refractivity contribution is -0.134. The van der Waals surface area contributed by atoms with E-state index in [4.69, 9.17) is 21.5 Å². The van der Waals surface area contributed by atoms with E-state index in [0.29, 0.717) is 10.7 Å². The zero-order chi connectivity index (χ0) is 13.4. The van der Waals surface area contributed by atoms with Crippen molar-refractivity contribution in [1.82, 2.24) is 0 Å². The van der Waals surface area contributed by atoms with E-state index < -0.39 is 5.97 Å². The summed E-state index contributed by atoms with van der Waals surface area (Å²) in [4.78, 5) is 11.4. The third-order valence-corrected chi connectivity index (χ3v) is 2.03. The fourth-order valence-electron chi connectivity index (χ4n) is 1.07. The number of oxime groups is 1. The normalized spacial score (nSPS) is 11.6. The number of benzene rings is 1. The van der Waals surface area contributed by atoms with Gasteiger partial charge in [0.2, 0.25) is 0 Å². The molecule has 0 aliphatic carbocycles. The number of rotatable bonds is 5. The van der Waals surface area contributed by atoms with Gasteiger partial charge in [-0.1, -0.05) is 22.8 Å². The second kappa shape index (κ2) is 7.29. The maximum atomic E-state index is 11.4. The van der Waals surface area contributed by atoms with Crippen LogP contribution < -0.4 is 5.43 Å². The van der Waals surface area contributed by atoms with Gasteiger partial charge in [0.05, 0.1) is 12.3 Å². The molecule has 0 amide bonds. The highest BCUT2D eigenvalue weighted by Gasteiger charge is 2.10. The Morgan fingerprint density at radius 2 is 2.39 bits per heavy atom. The van der Waals surface area contributed by atoms with Crippen LogP contribution in [0.2, 0.25) is 5.02 Å². The quantitative estimate of drug-likeness (QED) is 0.371. The highest BCUT2D eigenvalue weighted by Crippen LogP contribution is 2.14. The van der Waals surface area contributed by atoms with Crippen LogP contribution in [-0.2, 0) is 9.53 Å². The Balaban J connectivity index is 2.80. The average Bonchev–Trinajstić information content (AvgIpc) is 2.35. The molecular formula is C11H12ClN3O3. The van der Waals surface area contributed by atoms with Crippen molar-refractivity contribution in [3.05, 3.63) is 29.3 Å². The topological polar surface area (TPSA) is 83.3 Å². The highest BCUT2D eigenvalue weighted by atomic mass is 35.5. The lowest BCUT2D eigenvalue weighted by atomic mass is 10.3. The molecule has 0 aliphatic heterocycles. The van der Waals surface area contributed by atoms with Crippen LogP contribution in [0.3, 0.4) is 0 Å². The van der Waals surface area contributed by atoms with Crippen LogP contribution in [0.1, 0.15) is 6.92 Å². The van der Waals surface area contributed by atoms with Gasteiger partial charge in [-0.2, -0.15) is 5.10 Å². The molecule has 96 valence electrons. The number of carbonyl (C=O) groups excluding carboxylic acids is 1. The molecule has 0 bridgehead atoms. The van der Waals surface area contributed by atoms with Gasteiger partial charge >= 0.3 is 5.97 Å². The molecular weight excluding hydrogens is 258 g/mol. The Morgan fingerprint density at radius 3 is 3.00 bits per heavy atom. The molecule has 0 fully saturated rings. The van der Waals surface area contributed by atoms with Gasteiger partial charge in [0.1, 0.15) is 6.21 Å². The Kier molecular flexibility index (Phi) is 5.66. The Labute approximate surface area is 109 Å². The van der Waals surface area contributed by atoms with Crippen LogP contribution >= 0.6 is 11.6 Å². The van der Waals surface area contributed by atoms with Crippen molar-refractivity contribution in [2.45, 2.75) is 6.92 Å². The molecule has 0 atom stereocenters. The van der Waals surface area contributed by atoms with Crippen LogP contribution in [0.5, 0.6) is 0 Å². The van der Waals surface area contributed by atoms with E-state index >= 15 is 0 Å². The first-order valence-electron chi connectivity index (χ1n) is 5.11. The minimum Gasteiger partial charge on any atom is -0.461 e. The molecule has 0 spiro atoms. The van der Waals surface area contributed by atoms with Crippen LogP contribution in [0.15, 0.2) is 34.5 Å². The van der Waals surface area contributed by atoms with Crippen molar-refractivity contribution < 1.29 is 14.7 Å². The van der Waals surface area contributed by atoms with E-state index in [2.05, 4.69) is 15.7 Å². The van der Waals surface area contributed by atoms with E-state index in [-0.39, 0.29) is 12.3 Å². The van der Waals surface area contributed by atoms with E-state index in [1.54, 1.807) is 31.2 Å². The largest absolute Gasteiger partial charge is 0.461 e. The number of carbonyl (C=O) groups is 1. The van der Waals surface area contributed by atoms with Crippen LogP contribution in [0.25, 0.3) is 0 Å². The lowest BCUT2D eigenvalue weighted by Crippen LogP contribution is -2.20. The SMILES string of the molecule is CCOC(=O)C(/C=N/O)=N\Nc1cccc(Cl)c1. The molecule has 6 nitrogen and oxygen atoms in total. The molecule has 1 aromatic rings. The maximum absolute atomic E-state index is 11.4. The van der Waals surface area contributed by atoms with Crippen LogP contribution in [0, 0.1) is 0 Å². The lowest BCUT2D eigenvalue weighted by Gasteiger charge is -2.03. The predicted molar refractivity (Wildman–Crippen MR) is 69.4 cm³/mol. The number of ether oxygens (including phenoxy) is 1. The van der Waals surface area contributed by atoms with Crippen molar-refractivity contribution in [3.8, 4) is 0 Å². The van der Waals surface area contributed by atoms with Crippen LogP contribution in [-0.4, -0.2) is 29.7 Å². The molecule has 18 heavy (non-hydrogen) atoms. The minimum atomic E-state index is -0.690. The average molecular weight is 270 g/mol. The predicted octanol–water partition coefficient (Wildman–Crippen LogP) is 2.13. The molecule has 0 aromatic heterocycles. The highest BCUT2D eigenvalue weighted by molar-refractivity contribution is 6.59. The zero-order valence-electron chi connectivity index (χ0n) is 9.63. The number of nitrogens with zero attached hydrogens (tertiary/aromatic N) is 2. The van der Waals surface area contributed by atoms with Gasteiger partial charge < -0.3 is 9.94 Å². The molecule has 2 N–H and O–H groups in total. The maximum Gasteiger partial charge on any atom is 0.360 e. The number of esters is 1. The van der Waals surface area contributed by atoms with Gasteiger partial charge in [-0.3, -0.25) is 5.43 Å². The smallest absolute Gasteiger partial charge is 0.360 e. The standard InChI is InChI=1S/C11H12ClN3O3/c1-2-18-11(16)10(7-13-17)15-14-9-5-3-4-8(12)6-9/h3-7,14,17H,2H2,1H3/b13-7+,15-10-. The molecule has 1 rings (SSSR count). The van der Waals surface area contributed by atoms with Crippen LogP contribution in [0.4, 0.5) is 5.69 Å². The Bertz CT molecular complexity index is 474. The number of anilines is 1. The van der Waals surface area contributed by atoms with Crippen molar-refractivity contribution in [3.63, 3.8) is 0 Å². The Morgan fingerprint density at radius 1 is 1.61 bits per heavy atom.